The van der Waals surface area contributed by atoms with Crippen molar-refractivity contribution in [3.8, 4) is 28.0 Å². The molecule has 0 bridgehead atoms. The largest absolute Gasteiger partial charge is 0.490 e. The minimum Gasteiger partial charge on any atom is -0.490 e. The second-order valence-corrected chi connectivity index (χ2v) is 8.65. The molecule has 0 N–H and O–H groups in total. The van der Waals surface area contributed by atoms with Crippen LogP contribution in [0.5, 0.6) is 5.75 Å². The van der Waals surface area contributed by atoms with Crippen molar-refractivity contribution >= 4 is 5.57 Å². The van der Waals surface area contributed by atoms with Gasteiger partial charge in [0.25, 0.3) is 0 Å². The van der Waals surface area contributed by atoms with E-state index >= 15 is 0 Å². The number of hydrogen-bond acceptors (Lipinski definition) is 1. The van der Waals surface area contributed by atoms with Crippen molar-refractivity contribution in [2.45, 2.75) is 39.5 Å². The van der Waals surface area contributed by atoms with Crippen LogP contribution in [0.1, 0.15) is 45.1 Å². The molecule has 0 amide bonds. The van der Waals surface area contributed by atoms with Crippen LogP contribution < -0.4 is 4.74 Å². The summed E-state index contributed by atoms with van der Waals surface area (Å²) >= 11 is 0. The van der Waals surface area contributed by atoms with Crippen LogP contribution in [0.4, 0.5) is 13.2 Å². The van der Waals surface area contributed by atoms with Gasteiger partial charge in [-0.1, -0.05) is 61.5 Å². The molecule has 1 unspecified atom stereocenters. The topological polar surface area (TPSA) is 9.23 Å². The maximum atomic E-state index is 15.0. The number of ether oxygens (including phenoxy) is 1. The Labute approximate surface area is 199 Å². The fourth-order valence-electron chi connectivity index (χ4n) is 4.42. The van der Waals surface area contributed by atoms with E-state index in [1.165, 1.54) is 12.1 Å². The maximum absolute atomic E-state index is 15.0. The molecule has 0 aliphatic heterocycles. The third kappa shape index (κ3) is 5.11. The second-order valence-electron chi connectivity index (χ2n) is 8.65. The zero-order valence-corrected chi connectivity index (χ0v) is 19.6. The van der Waals surface area contributed by atoms with Crippen LogP contribution in [-0.2, 0) is 0 Å². The van der Waals surface area contributed by atoms with Crippen LogP contribution in [0.15, 0.2) is 72.8 Å². The molecule has 1 atom stereocenters. The molecule has 1 aliphatic rings. The molecule has 0 fully saturated rings. The summed E-state index contributed by atoms with van der Waals surface area (Å²) in [7, 11) is 0. The maximum Gasteiger partial charge on any atom is 0.201 e. The fraction of sp³-hybridized carbons (Fsp3) is 0.267. The third-order valence-corrected chi connectivity index (χ3v) is 6.27. The van der Waals surface area contributed by atoms with Crippen molar-refractivity contribution in [1.29, 1.82) is 0 Å². The van der Waals surface area contributed by atoms with Crippen LogP contribution in [0.25, 0.3) is 27.8 Å². The van der Waals surface area contributed by atoms with Gasteiger partial charge in [-0.25, -0.2) is 8.78 Å². The molecule has 4 heteroatoms. The van der Waals surface area contributed by atoms with Crippen LogP contribution in [-0.4, -0.2) is 6.61 Å². The van der Waals surface area contributed by atoms with Gasteiger partial charge in [-0.3, -0.25) is 0 Å². The Morgan fingerprint density at radius 1 is 0.882 bits per heavy atom. The summed E-state index contributed by atoms with van der Waals surface area (Å²) in [5.41, 5.74) is 3.97. The summed E-state index contributed by atoms with van der Waals surface area (Å²) in [5, 5.41) is 0. The molecule has 3 aromatic carbocycles. The Balaban J connectivity index is 1.54. The molecule has 1 aliphatic carbocycles. The summed E-state index contributed by atoms with van der Waals surface area (Å²) in [6.45, 7) is 4.25. The monoisotopic (exact) mass is 462 g/mol. The number of allylic oxidation sites excluding steroid dienone is 4. The zero-order valence-electron chi connectivity index (χ0n) is 19.6. The average Bonchev–Trinajstić information content (AvgIpc) is 2.86. The zero-order chi connectivity index (χ0) is 24.1. The van der Waals surface area contributed by atoms with Crippen LogP contribution in [0.2, 0.25) is 0 Å². The molecular weight excluding hydrogens is 433 g/mol. The van der Waals surface area contributed by atoms with Crippen LogP contribution in [0, 0.1) is 23.4 Å². The number of benzene rings is 3. The first-order valence-corrected chi connectivity index (χ1v) is 11.8. The van der Waals surface area contributed by atoms with Gasteiger partial charge in [-0.05, 0) is 79.0 Å². The summed E-state index contributed by atoms with van der Waals surface area (Å²) in [4.78, 5) is 0. The molecule has 176 valence electrons. The van der Waals surface area contributed by atoms with E-state index in [0.717, 1.165) is 36.0 Å². The lowest BCUT2D eigenvalue weighted by atomic mass is 9.86. The molecule has 0 saturated heterocycles. The minimum atomic E-state index is -0.984. The first-order chi connectivity index (χ1) is 16.5. The fourth-order valence-corrected chi connectivity index (χ4v) is 4.42. The van der Waals surface area contributed by atoms with Gasteiger partial charge in [0.1, 0.15) is 5.82 Å². The van der Waals surface area contributed by atoms with Crippen molar-refractivity contribution in [2.24, 2.45) is 5.92 Å². The lowest BCUT2D eigenvalue weighted by molar-refractivity contribution is 0.295. The standard InChI is InChI=1S/C30H29F3O/c1-3-5-20-6-8-22(9-7-20)25-15-14-24(19-27(25)31)21-10-12-23(13-11-21)26-16-17-28(34-18-4-2)30(33)29(26)32/h3,5,8,10-17,19-20H,4,6-7,9,18H2,1-2H3. The molecule has 0 heterocycles. The van der Waals surface area contributed by atoms with Crippen molar-refractivity contribution in [1.82, 2.24) is 0 Å². The Bertz CT molecular complexity index is 1210. The van der Waals surface area contributed by atoms with Gasteiger partial charge in [-0.2, -0.15) is 4.39 Å². The average molecular weight is 463 g/mol. The SMILES string of the molecule is CC=CC1CC=C(c2ccc(-c3ccc(-c4ccc(OCCC)c(F)c4F)cc3)cc2F)CC1. The molecule has 3 aromatic rings. The van der Waals surface area contributed by atoms with Crippen molar-refractivity contribution in [3.63, 3.8) is 0 Å². The van der Waals surface area contributed by atoms with Gasteiger partial charge < -0.3 is 4.74 Å². The minimum absolute atomic E-state index is 0.0827. The number of halogens is 3. The highest BCUT2D eigenvalue weighted by Gasteiger charge is 2.18. The highest BCUT2D eigenvalue weighted by molar-refractivity contribution is 5.74. The van der Waals surface area contributed by atoms with E-state index in [1.54, 1.807) is 30.3 Å². The van der Waals surface area contributed by atoms with Crippen LogP contribution >= 0.6 is 0 Å². The Kier molecular flexibility index (Phi) is 7.56. The lowest BCUT2D eigenvalue weighted by Crippen LogP contribution is -2.03. The van der Waals surface area contributed by atoms with Crippen LogP contribution in [0.3, 0.4) is 0 Å². The summed E-state index contributed by atoms with van der Waals surface area (Å²) in [6.07, 6.45) is 9.97. The quantitative estimate of drug-likeness (QED) is 0.318. The summed E-state index contributed by atoms with van der Waals surface area (Å²) < 4.78 is 49.2. The van der Waals surface area contributed by atoms with Gasteiger partial charge in [0.05, 0.1) is 6.61 Å². The van der Waals surface area contributed by atoms with Gasteiger partial charge >= 0.3 is 0 Å². The van der Waals surface area contributed by atoms with Gasteiger partial charge in [-0.15, -0.1) is 0 Å². The molecule has 0 saturated carbocycles. The van der Waals surface area contributed by atoms with E-state index in [4.69, 9.17) is 4.74 Å². The summed E-state index contributed by atoms with van der Waals surface area (Å²) in [6, 6.07) is 15.3. The van der Waals surface area contributed by atoms with Crippen molar-refractivity contribution in [3.05, 3.63) is 95.8 Å². The van der Waals surface area contributed by atoms with E-state index in [1.807, 2.05) is 26.0 Å². The Morgan fingerprint density at radius 3 is 2.24 bits per heavy atom. The summed E-state index contributed by atoms with van der Waals surface area (Å²) in [5.74, 6) is -1.71. The van der Waals surface area contributed by atoms with Crippen molar-refractivity contribution in [2.75, 3.05) is 6.61 Å². The first-order valence-electron chi connectivity index (χ1n) is 11.8. The number of rotatable bonds is 7. The highest BCUT2D eigenvalue weighted by atomic mass is 19.2. The van der Waals surface area contributed by atoms with E-state index in [2.05, 4.69) is 18.2 Å². The third-order valence-electron chi connectivity index (χ3n) is 6.27. The highest BCUT2D eigenvalue weighted by Crippen LogP contribution is 2.35. The first kappa shape index (κ1) is 23.9. The Morgan fingerprint density at radius 2 is 1.59 bits per heavy atom. The van der Waals surface area contributed by atoms with Gasteiger partial charge in [0, 0.05) is 11.1 Å². The number of hydrogen-bond donors (Lipinski definition) is 0. The normalized spacial score (nSPS) is 16.0. The molecule has 4 rings (SSSR count). The second kappa shape index (κ2) is 10.8. The van der Waals surface area contributed by atoms with E-state index in [-0.39, 0.29) is 17.1 Å². The van der Waals surface area contributed by atoms with Gasteiger partial charge in [0.15, 0.2) is 11.6 Å². The predicted molar refractivity (Wildman–Crippen MR) is 133 cm³/mol. The van der Waals surface area contributed by atoms with E-state index < -0.39 is 11.6 Å². The Hall–Kier alpha value is -3.27. The predicted octanol–water partition coefficient (Wildman–Crippen LogP) is 8.99. The van der Waals surface area contributed by atoms with E-state index in [0.29, 0.717) is 30.1 Å². The molecule has 0 spiro atoms. The van der Waals surface area contributed by atoms with Crippen molar-refractivity contribution < 1.29 is 17.9 Å². The van der Waals surface area contributed by atoms with Gasteiger partial charge in [0.2, 0.25) is 5.82 Å². The molecule has 0 radical (unpaired) electrons. The molecule has 0 aromatic heterocycles. The van der Waals surface area contributed by atoms with E-state index in [9.17, 15) is 13.2 Å². The molecule has 34 heavy (non-hydrogen) atoms. The smallest absolute Gasteiger partial charge is 0.201 e. The molecule has 1 nitrogen and oxygen atoms in total. The molecular formula is C30H29F3O. The lowest BCUT2D eigenvalue weighted by Gasteiger charge is -2.20.